The van der Waals surface area contributed by atoms with E-state index in [0.29, 0.717) is 0 Å². The Morgan fingerprint density at radius 1 is 1.20 bits per heavy atom. The molecule has 4 nitrogen and oxygen atoms in total. The monoisotopic (exact) mass is 351 g/mol. The topological polar surface area (TPSA) is 57.6 Å². The first-order valence-corrected chi connectivity index (χ1v) is 7.40. The summed E-state index contributed by atoms with van der Waals surface area (Å²) in [5, 5.41) is 8.71. The molecule has 0 fully saturated rings. The Kier molecular flexibility index (Phi) is 5.68. The third-order valence-electron chi connectivity index (χ3n) is 2.23. The third kappa shape index (κ3) is 4.49. The summed E-state index contributed by atoms with van der Waals surface area (Å²) in [4.78, 5) is -0.426. The molecule has 1 N–H and O–H groups in total. The lowest BCUT2D eigenvalue weighted by Crippen LogP contribution is -2.40. The Morgan fingerprint density at radius 3 is 2.25 bits per heavy atom. The summed E-state index contributed by atoms with van der Waals surface area (Å²) in [7, 11) is -4.43. The van der Waals surface area contributed by atoms with Crippen LogP contribution in [0.2, 0.25) is 10.0 Å². The van der Waals surface area contributed by atoms with E-state index >= 15 is 0 Å². The molecule has 0 saturated carbocycles. The lowest BCUT2D eigenvalue weighted by Gasteiger charge is -2.22. The van der Waals surface area contributed by atoms with Gasteiger partial charge in [0.05, 0.1) is 21.5 Å². The number of rotatable bonds is 5. The Morgan fingerprint density at radius 2 is 1.80 bits per heavy atom. The van der Waals surface area contributed by atoms with E-state index < -0.39 is 40.8 Å². The standard InChI is InChI=1S/C10H10Cl2F3NO3S/c11-8-2-1-7(5-9(8)12)20(18,19)16(3-4-17)6-10(13,14)15/h1-2,5,17H,3-4,6H2. The van der Waals surface area contributed by atoms with Gasteiger partial charge in [0.1, 0.15) is 6.54 Å². The molecule has 0 aliphatic carbocycles. The van der Waals surface area contributed by atoms with Crippen LogP contribution in [0.5, 0.6) is 0 Å². The minimum Gasteiger partial charge on any atom is -0.395 e. The van der Waals surface area contributed by atoms with Gasteiger partial charge in [0.2, 0.25) is 10.0 Å². The van der Waals surface area contributed by atoms with E-state index in [4.69, 9.17) is 28.3 Å². The van der Waals surface area contributed by atoms with Gasteiger partial charge in [-0.05, 0) is 18.2 Å². The van der Waals surface area contributed by atoms with Crippen LogP contribution in [0.1, 0.15) is 0 Å². The summed E-state index contributed by atoms with van der Waals surface area (Å²) in [6.07, 6.45) is -4.72. The molecule has 0 saturated heterocycles. The van der Waals surface area contributed by atoms with Crippen LogP contribution in [0, 0.1) is 0 Å². The number of benzene rings is 1. The molecule has 0 unspecified atom stereocenters. The van der Waals surface area contributed by atoms with Gasteiger partial charge in [-0.2, -0.15) is 17.5 Å². The minimum absolute atomic E-state index is 0.0788. The second kappa shape index (κ2) is 6.48. The van der Waals surface area contributed by atoms with Gasteiger partial charge in [0, 0.05) is 6.54 Å². The largest absolute Gasteiger partial charge is 0.402 e. The van der Waals surface area contributed by atoms with Crippen molar-refractivity contribution in [3.63, 3.8) is 0 Å². The number of hydrogen-bond donors (Lipinski definition) is 1. The molecule has 0 atom stereocenters. The Labute approximate surface area is 123 Å². The molecule has 0 heterocycles. The van der Waals surface area contributed by atoms with Gasteiger partial charge in [-0.3, -0.25) is 0 Å². The number of halogens is 5. The fourth-order valence-corrected chi connectivity index (χ4v) is 3.19. The maximum absolute atomic E-state index is 12.4. The lowest BCUT2D eigenvalue weighted by atomic mass is 10.4. The van der Waals surface area contributed by atoms with Crippen molar-refractivity contribution in [2.24, 2.45) is 0 Å². The molecule has 10 heteroatoms. The van der Waals surface area contributed by atoms with E-state index in [1.807, 2.05) is 0 Å². The van der Waals surface area contributed by atoms with Crippen LogP contribution < -0.4 is 0 Å². The molecule has 1 aromatic carbocycles. The van der Waals surface area contributed by atoms with Gasteiger partial charge < -0.3 is 5.11 Å². The molecule has 0 aromatic heterocycles. The number of hydrogen-bond acceptors (Lipinski definition) is 3. The average Bonchev–Trinajstić information content (AvgIpc) is 2.30. The SMILES string of the molecule is O=S(=O)(c1ccc(Cl)c(Cl)c1)N(CCO)CC(F)(F)F. The van der Waals surface area contributed by atoms with Crippen molar-refractivity contribution in [1.82, 2.24) is 4.31 Å². The number of sulfonamides is 1. The molecule has 0 spiro atoms. The van der Waals surface area contributed by atoms with Crippen LogP contribution in [0.3, 0.4) is 0 Å². The van der Waals surface area contributed by atoms with Crippen molar-refractivity contribution < 1.29 is 26.7 Å². The fraction of sp³-hybridized carbons (Fsp3) is 0.400. The molecule has 1 rings (SSSR count). The summed E-state index contributed by atoms with van der Waals surface area (Å²) in [6, 6.07) is 3.17. The van der Waals surface area contributed by atoms with Gasteiger partial charge >= 0.3 is 6.18 Å². The van der Waals surface area contributed by atoms with Gasteiger partial charge in [-0.15, -0.1) is 0 Å². The Bertz CT molecular complexity index is 578. The normalized spacial score (nSPS) is 12.9. The van der Waals surface area contributed by atoms with E-state index in [1.54, 1.807) is 0 Å². The molecule has 20 heavy (non-hydrogen) atoms. The van der Waals surface area contributed by atoms with Crippen molar-refractivity contribution in [3.8, 4) is 0 Å². The molecule has 0 bridgehead atoms. The molecular weight excluding hydrogens is 342 g/mol. The minimum atomic E-state index is -4.72. The van der Waals surface area contributed by atoms with Gasteiger partial charge in [0.15, 0.2) is 0 Å². The van der Waals surface area contributed by atoms with Crippen molar-refractivity contribution in [3.05, 3.63) is 28.2 Å². The van der Waals surface area contributed by atoms with E-state index in [9.17, 15) is 21.6 Å². The van der Waals surface area contributed by atoms with Crippen LogP contribution in [-0.2, 0) is 10.0 Å². The molecule has 0 radical (unpaired) electrons. The zero-order chi connectivity index (χ0) is 15.6. The molecule has 0 amide bonds. The average molecular weight is 352 g/mol. The highest BCUT2D eigenvalue weighted by Crippen LogP contribution is 2.28. The summed E-state index contributed by atoms with van der Waals surface area (Å²) in [5.74, 6) is 0. The molecular formula is C10H10Cl2F3NO3S. The highest BCUT2D eigenvalue weighted by molar-refractivity contribution is 7.89. The molecule has 0 aliphatic heterocycles. The summed E-state index contributed by atoms with van der Waals surface area (Å²) < 4.78 is 61.4. The third-order valence-corrected chi connectivity index (χ3v) is 4.81. The van der Waals surface area contributed by atoms with Crippen molar-refractivity contribution in [1.29, 1.82) is 0 Å². The van der Waals surface area contributed by atoms with Crippen LogP contribution in [0.15, 0.2) is 23.1 Å². The van der Waals surface area contributed by atoms with Crippen molar-refractivity contribution in [2.45, 2.75) is 11.1 Å². The fourth-order valence-electron chi connectivity index (χ4n) is 1.38. The number of alkyl halides is 3. The van der Waals surface area contributed by atoms with Crippen LogP contribution in [0.4, 0.5) is 13.2 Å². The van der Waals surface area contributed by atoms with Crippen LogP contribution >= 0.6 is 23.2 Å². The van der Waals surface area contributed by atoms with E-state index in [2.05, 4.69) is 0 Å². The first-order valence-electron chi connectivity index (χ1n) is 5.21. The number of aliphatic hydroxyl groups is 1. The van der Waals surface area contributed by atoms with Gasteiger partial charge in [0.25, 0.3) is 0 Å². The summed E-state index contributed by atoms with van der Waals surface area (Å²) >= 11 is 11.3. The quantitative estimate of drug-likeness (QED) is 0.886. The van der Waals surface area contributed by atoms with E-state index in [0.717, 1.165) is 12.1 Å². The maximum atomic E-state index is 12.4. The van der Waals surface area contributed by atoms with Crippen LogP contribution in [-0.4, -0.2) is 43.7 Å². The summed E-state index contributed by atoms with van der Waals surface area (Å²) in [5.41, 5.74) is 0. The number of aliphatic hydroxyl groups excluding tert-OH is 1. The van der Waals surface area contributed by atoms with Gasteiger partial charge in [-0.25, -0.2) is 8.42 Å². The summed E-state index contributed by atoms with van der Waals surface area (Å²) in [6.45, 7) is -3.12. The van der Waals surface area contributed by atoms with Crippen molar-refractivity contribution >= 4 is 33.2 Å². The highest BCUT2D eigenvalue weighted by Gasteiger charge is 2.36. The van der Waals surface area contributed by atoms with Crippen LogP contribution in [0.25, 0.3) is 0 Å². The van der Waals surface area contributed by atoms with E-state index in [-0.39, 0.29) is 14.4 Å². The predicted molar refractivity (Wildman–Crippen MR) is 68.4 cm³/mol. The van der Waals surface area contributed by atoms with Crippen molar-refractivity contribution in [2.75, 3.05) is 19.7 Å². The number of nitrogens with zero attached hydrogens (tertiary/aromatic N) is 1. The first-order chi connectivity index (χ1) is 9.08. The molecule has 1 aromatic rings. The second-order valence-electron chi connectivity index (χ2n) is 3.75. The van der Waals surface area contributed by atoms with E-state index in [1.165, 1.54) is 6.07 Å². The zero-order valence-corrected chi connectivity index (χ0v) is 12.2. The first kappa shape index (κ1) is 17.5. The Balaban J connectivity index is 3.18. The van der Waals surface area contributed by atoms with Gasteiger partial charge in [-0.1, -0.05) is 23.2 Å². The molecule has 0 aliphatic rings. The molecule has 114 valence electrons. The lowest BCUT2D eigenvalue weighted by molar-refractivity contribution is -0.136. The Hall–Kier alpha value is -0.540. The maximum Gasteiger partial charge on any atom is 0.402 e. The smallest absolute Gasteiger partial charge is 0.395 e. The second-order valence-corrected chi connectivity index (χ2v) is 6.51. The highest BCUT2D eigenvalue weighted by atomic mass is 35.5. The zero-order valence-electron chi connectivity index (χ0n) is 9.86. The predicted octanol–water partition coefficient (Wildman–Crippen LogP) is 2.54.